The summed E-state index contributed by atoms with van der Waals surface area (Å²) in [6, 6.07) is 1.85. The summed E-state index contributed by atoms with van der Waals surface area (Å²) in [5, 5.41) is 3.22. The maximum absolute atomic E-state index is 5.58. The smallest absolute Gasteiger partial charge is 0.226 e. The Morgan fingerprint density at radius 3 is 2.72 bits per heavy atom. The summed E-state index contributed by atoms with van der Waals surface area (Å²) in [5.41, 5.74) is 0.909. The molecule has 0 radical (unpaired) electrons. The molecular weight excluding hydrogens is 228 g/mol. The van der Waals surface area contributed by atoms with Gasteiger partial charge in [0.25, 0.3) is 0 Å². The van der Waals surface area contributed by atoms with Gasteiger partial charge < -0.3 is 15.0 Å². The zero-order valence-electron chi connectivity index (χ0n) is 12.0. The number of ether oxygens (including phenoxy) is 1. The van der Waals surface area contributed by atoms with Crippen LogP contribution in [-0.4, -0.2) is 47.7 Å². The van der Waals surface area contributed by atoms with Gasteiger partial charge in [-0.05, 0) is 34.4 Å². The van der Waals surface area contributed by atoms with Crippen molar-refractivity contribution in [1.82, 2.24) is 14.9 Å². The van der Waals surface area contributed by atoms with Gasteiger partial charge in [0, 0.05) is 24.8 Å². The zero-order valence-corrected chi connectivity index (χ0v) is 12.0. The van der Waals surface area contributed by atoms with Gasteiger partial charge in [-0.1, -0.05) is 6.92 Å². The Morgan fingerprint density at radius 1 is 1.39 bits per heavy atom. The molecule has 5 nitrogen and oxygen atoms in total. The van der Waals surface area contributed by atoms with E-state index in [0.29, 0.717) is 11.8 Å². The summed E-state index contributed by atoms with van der Waals surface area (Å²) in [5.74, 6) is 1.26. The van der Waals surface area contributed by atoms with Crippen molar-refractivity contribution in [2.45, 2.75) is 33.8 Å². The Hall–Kier alpha value is -1.36. The fourth-order valence-electron chi connectivity index (χ4n) is 1.44. The Morgan fingerprint density at radius 2 is 2.11 bits per heavy atom. The highest BCUT2D eigenvalue weighted by Crippen LogP contribution is 2.13. The Bertz CT molecular complexity index is 368. The van der Waals surface area contributed by atoms with E-state index in [2.05, 4.69) is 34.2 Å². The average molecular weight is 252 g/mol. The second-order valence-corrected chi connectivity index (χ2v) is 4.66. The third-order valence-electron chi connectivity index (χ3n) is 2.50. The largest absolute Gasteiger partial charge is 0.475 e. The average Bonchev–Trinajstić information content (AvgIpc) is 2.27. The molecule has 0 unspecified atom stereocenters. The van der Waals surface area contributed by atoms with Crippen LogP contribution in [0.15, 0.2) is 6.07 Å². The van der Waals surface area contributed by atoms with Crippen LogP contribution in [0.1, 0.15) is 26.5 Å². The quantitative estimate of drug-likeness (QED) is 0.803. The fraction of sp³-hybridized carbons (Fsp3) is 0.692. The number of nitrogens with one attached hydrogen (secondary N) is 1. The summed E-state index contributed by atoms with van der Waals surface area (Å²) < 4.78 is 5.58. The van der Waals surface area contributed by atoms with Crippen molar-refractivity contribution in [1.29, 1.82) is 0 Å². The van der Waals surface area contributed by atoms with Crippen LogP contribution in [-0.2, 0) is 0 Å². The number of rotatable bonds is 7. The molecule has 0 saturated carbocycles. The molecule has 1 N–H and O–H groups in total. The third-order valence-corrected chi connectivity index (χ3v) is 2.50. The fourth-order valence-corrected chi connectivity index (χ4v) is 1.44. The third kappa shape index (κ3) is 5.31. The second-order valence-electron chi connectivity index (χ2n) is 4.66. The number of hydrogen-bond donors (Lipinski definition) is 1. The molecule has 1 aromatic rings. The predicted molar refractivity (Wildman–Crippen MR) is 74.2 cm³/mol. The molecule has 5 heteroatoms. The number of hydrogen-bond acceptors (Lipinski definition) is 5. The molecule has 1 rings (SSSR count). The van der Waals surface area contributed by atoms with E-state index in [1.54, 1.807) is 0 Å². The molecule has 0 atom stereocenters. The monoisotopic (exact) mass is 252 g/mol. The minimum atomic E-state index is 0.123. The summed E-state index contributed by atoms with van der Waals surface area (Å²) in [7, 11) is 2.09. The standard InChI is InChI=1S/C13H24N4O/c1-6-17(5)8-7-14-13-15-11(4)9-12(16-13)18-10(2)3/h9-10H,6-8H2,1-5H3,(H,14,15,16). The van der Waals surface area contributed by atoms with E-state index in [4.69, 9.17) is 4.74 Å². The van der Waals surface area contributed by atoms with Crippen LogP contribution in [0.3, 0.4) is 0 Å². The van der Waals surface area contributed by atoms with Crippen LogP contribution < -0.4 is 10.1 Å². The topological polar surface area (TPSA) is 50.3 Å². The lowest BCUT2D eigenvalue weighted by atomic mass is 10.4. The number of nitrogens with zero attached hydrogens (tertiary/aromatic N) is 3. The van der Waals surface area contributed by atoms with Gasteiger partial charge in [0.2, 0.25) is 11.8 Å². The highest BCUT2D eigenvalue weighted by atomic mass is 16.5. The minimum absolute atomic E-state index is 0.123. The maximum atomic E-state index is 5.58. The molecule has 0 amide bonds. The van der Waals surface area contributed by atoms with Gasteiger partial charge in [0.1, 0.15) is 0 Å². The van der Waals surface area contributed by atoms with Crippen LogP contribution in [0.2, 0.25) is 0 Å². The van der Waals surface area contributed by atoms with Crippen LogP contribution in [0.5, 0.6) is 5.88 Å². The van der Waals surface area contributed by atoms with Crippen molar-refractivity contribution in [3.63, 3.8) is 0 Å². The zero-order chi connectivity index (χ0) is 13.5. The number of aromatic nitrogens is 2. The Balaban J connectivity index is 2.57. The highest BCUT2D eigenvalue weighted by molar-refractivity contribution is 5.30. The summed E-state index contributed by atoms with van der Waals surface area (Å²) in [6.45, 7) is 10.9. The van der Waals surface area contributed by atoms with Gasteiger partial charge in [-0.3, -0.25) is 0 Å². The summed E-state index contributed by atoms with van der Waals surface area (Å²) in [4.78, 5) is 10.9. The normalized spacial score (nSPS) is 11.1. The summed E-state index contributed by atoms with van der Waals surface area (Å²) >= 11 is 0. The number of aryl methyl sites for hydroxylation is 1. The first kappa shape index (κ1) is 14.7. The Kier molecular flexibility index (Phi) is 5.85. The minimum Gasteiger partial charge on any atom is -0.475 e. The maximum Gasteiger partial charge on any atom is 0.226 e. The van der Waals surface area contributed by atoms with Crippen LogP contribution in [0, 0.1) is 6.92 Å². The van der Waals surface area contributed by atoms with Crippen molar-refractivity contribution < 1.29 is 4.74 Å². The molecule has 0 fully saturated rings. The van der Waals surface area contributed by atoms with E-state index in [1.807, 2.05) is 26.8 Å². The molecule has 102 valence electrons. The predicted octanol–water partition coefficient (Wildman–Crippen LogP) is 1.94. The molecule has 18 heavy (non-hydrogen) atoms. The van der Waals surface area contributed by atoms with Gasteiger partial charge in [0.05, 0.1) is 6.10 Å². The molecule has 0 bridgehead atoms. The van der Waals surface area contributed by atoms with E-state index >= 15 is 0 Å². The molecule has 0 aromatic carbocycles. The van der Waals surface area contributed by atoms with Crippen molar-refractivity contribution >= 4 is 5.95 Å². The number of anilines is 1. The molecule has 0 spiro atoms. The molecule has 0 aliphatic carbocycles. The van der Waals surface area contributed by atoms with Crippen molar-refractivity contribution in [3.05, 3.63) is 11.8 Å². The lowest BCUT2D eigenvalue weighted by molar-refractivity contribution is 0.232. The second kappa shape index (κ2) is 7.16. The van der Waals surface area contributed by atoms with E-state index in [1.165, 1.54) is 0 Å². The lowest BCUT2D eigenvalue weighted by Crippen LogP contribution is -2.25. The van der Waals surface area contributed by atoms with E-state index in [-0.39, 0.29) is 6.10 Å². The lowest BCUT2D eigenvalue weighted by Gasteiger charge is -2.15. The Labute approximate surface area is 110 Å². The molecule has 0 aliphatic heterocycles. The van der Waals surface area contributed by atoms with Gasteiger partial charge in [0.15, 0.2) is 0 Å². The van der Waals surface area contributed by atoms with Crippen LogP contribution >= 0.6 is 0 Å². The molecule has 0 aliphatic rings. The molecule has 0 saturated heterocycles. The van der Waals surface area contributed by atoms with Crippen molar-refractivity contribution in [3.8, 4) is 5.88 Å². The molecule has 1 heterocycles. The molecular formula is C13H24N4O. The van der Waals surface area contributed by atoms with Crippen molar-refractivity contribution in [2.24, 2.45) is 0 Å². The van der Waals surface area contributed by atoms with Gasteiger partial charge >= 0.3 is 0 Å². The van der Waals surface area contributed by atoms with Gasteiger partial charge in [-0.25, -0.2) is 4.98 Å². The molecule has 1 aromatic heterocycles. The highest BCUT2D eigenvalue weighted by Gasteiger charge is 2.04. The van der Waals surface area contributed by atoms with E-state index in [9.17, 15) is 0 Å². The van der Waals surface area contributed by atoms with Crippen LogP contribution in [0.4, 0.5) is 5.95 Å². The first-order chi connectivity index (χ1) is 8.51. The SMILES string of the molecule is CCN(C)CCNc1nc(C)cc(OC(C)C)n1. The van der Waals surface area contributed by atoms with E-state index < -0.39 is 0 Å². The van der Waals surface area contributed by atoms with Crippen molar-refractivity contribution in [2.75, 3.05) is 32.0 Å². The van der Waals surface area contributed by atoms with Crippen LogP contribution in [0.25, 0.3) is 0 Å². The summed E-state index contributed by atoms with van der Waals surface area (Å²) in [6.07, 6.45) is 0.123. The van der Waals surface area contributed by atoms with Gasteiger partial charge in [-0.2, -0.15) is 4.98 Å². The number of likely N-dealkylation sites (N-methyl/N-ethyl adjacent to an activating group) is 1. The first-order valence-electron chi connectivity index (χ1n) is 6.46. The first-order valence-corrected chi connectivity index (χ1v) is 6.46. The van der Waals surface area contributed by atoms with Gasteiger partial charge in [-0.15, -0.1) is 0 Å². The van der Waals surface area contributed by atoms with E-state index in [0.717, 1.165) is 25.3 Å².